The molecule has 0 heterocycles. The molecular formula is C27H28N2O. The van der Waals surface area contributed by atoms with Crippen LogP contribution in [-0.4, -0.2) is 5.78 Å². The van der Waals surface area contributed by atoms with Crippen LogP contribution in [0.4, 0.5) is 11.4 Å². The number of benzene rings is 4. The molecule has 0 atom stereocenters. The molecule has 0 radical (unpaired) electrons. The zero-order valence-electron chi connectivity index (χ0n) is 18.0. The second-order valence-electron chi connectivity index (χ2n) is 8.59. The van der Waals surface area contributed by atoms with Crippen LogP contribution in [0.15, 0.2) is 60.7 Å². The molecule has 0 aliphatic carbocycles. The molecule has 0 amide bonds. The van der Waals surface area contributed by atoms with Crippen molar-refractivity contribution < 1.29 is 4.79 Å². The fraction of sp³-hybridized carbons (Fsp3) is 0.222. The fourth-order valence-electron chi connectivity index (χ4n) is 4.34. The third-order valence-electron chi connectivity index (χ3n) is 5.94. The van der Waals surface area contributed by atoms with Gasteiger partial charge in [0.05, 0.1) is 11.4 Å². The van der Waals surface area contributed by atoms with E-state index in [-0.39, 0.29) is 17.6 Å². The fourth-order valence-corrected chi connectivity index (χ4v) is 4.34. The summed E-state index contributed by atoms with van der Waals surface area (Å²) in [6.45, 7) is 8.36. The van der Waals surface area contributed by atoms with Gasteiger partial charge >= 0.3 is 0 Å². The van der Waals surface area contributed by atoms with E-state index in [1.807, 2.05) is 48.5 Å². The Morgan fingerprint density at radius 2 is 1.03 bits per heavy atom. The lowest BCUT2D eigenvalue weighted by Crippen LogP contribution is -2.15. The van der Waals surface area contributed by atoms with Gasteiger partial charge < -0.3 is 11.5 Å². The number of anilines is 2. The minimum Gasteiger partial charge on any atom is -0.398 e. The molecule has 0 saturated heterocycles. The van der Waals surface area contributed by atoms with Crippen molar-refractivity contribution in [1.29, 1.82) is 0 Å². The number of fused-ring (bicyclic) bond motifs is 2. The Morgan fingerprint density at radius 1 is 0.667 bits per heavy atom. The standard InChI is InChI=1S/C27H28N2O/c1-15(2)21-13-17-9-5-7-11-19(17)25(28)23(21)27(30)24-22(16(3)4)14-18-10-6-8-12-20(18)26(24)29/h5-16H,28-29H2,1-4H3. The van der Waals surface area contributed by atoms with Gasteiger partial charge in [0.2, 0.25) is 0 Å². The zero-order valence-corrected chi connectivity index (χ0v) is 18.0. The lowest BCUT2D eigenvalue weighted by molar-refractivity contribution is 0.103. The maximum Gasteiger partial charge on any atom is 0.197 e. The minimum absolute atomic E-state index is 0.0890. The van der Waals surface area contributed by atoms with E-state index in [9.17, 15) is 4.79 Å². The van der Waals surface area contributed by atoms with Crippen molar-refractivity contribution in [1.82, 2.24) is 0 Å². The third-order valence-corrected chi connectivity index (χ3v) is 5.94. The minimum atomic E-state index is -0.0890. The van der Waals surface area contributed by atoms with Gasteiger partial charge in [-0.25, -0.2) is 0 Å². The first-order valence-electron chi connectivity index (χ1n) is 10.5. The van der Waals surface area contributed by atoms with Crippen molar-refractivity contribution in [3.05, 3.63) is 82.9 Å². The van der Waals surface area contributed by atoms with Crippen LogP contribution in [0.25, 0.3) is 21.5 Å². The summed E-state index contributed by atoms with van der Waals surface area (Å²) in [4.78, 5) is 14.1. The van der Waals surface area contributed by atoms with E-state index in [2.05, 4.69) is 39.8 Å². The molecule has 4 N–H and O–H groups in total. The first-order valence-corrected chi connectivity index (χ1v) is 10.5. The van der Waals surface area contributed by atoms with Gasteiger partial charge in [0.15, 0.2) is 5.78 Å². The summed E-state index contributed by atoms with van der Waals surface area (Å²) in [5, 5.41) is 3.89. The predicted molar refractivity (Wildman–Crippen MR) is 128 cm³/mol. The number of nitrogens with two attached hydrogens (primary N) is 2. The summed E-state index contributed by atoms with van der Waals surface area (Å²) in [6, 6.07) is 20.1. The summed E-state index contributed by atoms with van der Waals surface area (Å²) in [5.74, 6) is 0.217. The highest BCUT2D eigenvalue weighted by atomic mass is 16.1. The van der Waals surface area contributed by atoms with Gasteiger partial charge in [0.25, 0.3) is 0 Å². The molecule has 0 fully saturated rings. The van der Waals surface area contributed by atoms with Crippen molar-refractivity contribution in [2.75, 3.05) is 11.5 Å². The quantitative estimate of drug-likeness (QED) is 0.300. The van der Waals surface area contributed by atoms with Crippen molar-refractivity contribution in [3.8, 4) is 0 Å². The molecule has 0 aromatic heterocycles. The highest BCUT2D eigenvalue weighted by Gasteiger charge is 2.26. The van der Waals surface area contributed by atoms with Crippen LogP contribution in [0.1, 0.15) is 66.6 Å². The second kappa shape index (κ2) is 7.49. The van der Waals surface area contributed by atoms with Gasteiger partial charge in [-0.15, -0.1) is 0 Å². The summed E-state index contributed by atoms with van der Waals surface area (Å²) in [5.41, 5.74) is 17.4. The van der Waals surface area contributed by atoms with Crippen molar-refractivity contribution in [2.45, 2.75) is 39.5 Å². The Kier molecular flexibility index (Phi) is 4.98. The van der Waals surface area contributed by atoms with Crippen LogP contribution in [0.2, 0.25) is 0 Å². The summed E-state index contributed by atoms with van der Waals surface area (Å²) in [6.07, 6.45) is 0. The number of hydrogen-bond donors (Lipinski definition) is 2. The van der Waals surface area contributed by atoms with E-state index in [4.69, 9.17) is 11.5 Å². The molecule has 4 aromatic rings. The van der Waals surface area contributed by atoms with E-state index in [1.54, 1.807) is 0 Å². The highest BCUT2D eigenvalue weighted by molar-refractivity contribution is 6.22. The van der Waals surface area contributed by atoms with Gasteiger partial charge in [-0.2, -0.15) is 0 Å². The molecule has 0 bridgehead atoms. The van der Waals surface area contributed by atoms with Gasteiger partial charge in [0.1, 0.15) is 0 Å². The van der Waals surface area contributed by atoms with E-state index in [0.29, 0.717) is 22.5 Å². The number of rotatable bonds is 4. The van der Waals surface area contributed by atoms with Crippen LogP contribution >= 0.6 is 0 Å². The van der Waals surface area contributed by atoms with Crippen LogP contribution in [-0.2, 0) is 0 Å². The van der Waals surface area contributed by atoms with Crippen LogP contribution in [0.3, 0.4) is 0 Å². The van der Waals surface area contributed by atoms with Gasteiger partial charge in [-0.3, -0.25) is 4.79 Å². The zero-order chi connectivity index (χ0) is 21.6. The van der Waals surface area contributed by atoms with Gasteiger partial charge in [0, 0.05) is 21.9 Å². The van der Waals surface area contributed by atoms with E-state index >= 15 is 0 Å². The Balaban J connectivity index is 2.07. The van der Waals surface area contributed by atoms with Gasteiger partial charge in [-0.05, 0) is 33.7 Å². The molecule has 0 aliphatic heterocycles. The molecule has 0 aliphatic rings. The lowest BCUT2D eigenvalue weighted by atomic mass is 9.83. The van der Waals surface area contributed by atoms with E-state index in [1.165, 1.54) is 0 Å². The molecule has 152 valence electrons. The molecule has 0 saturated carbocycles. The third kappa shape index (κ3) is 3.11. The maximum absolute atomic E-state index is 14.1. The number of nitrogen functional groups attached to an aromatic ring is 2. The number of ketones is 1. The Bertz CT molecular complexity index is 1190. The first kappa shape index (κ1) is 20.0. The van der Waals surface area contributed by atoms with Crippen molar-refractivity contribution in [2.24, 2.45) is 0 Å². The molecule has 0 unspecified atom stereocenters. The molecule has 3 heteroatoms. The normalized spacial score (nSPS) is 11.7. The monoisotopic (exact) mass is 396 g/mol. The topological polar surface area (TPSA) is 69.1 Å². The van der Waals surface area contributed by atoms with Crippen molar-refractivity contribution >= 4 is 38.7 Å². The van der Waals surface area contributed by atoms with Crippen molar-refractivity contribution in [3.63, 3.8) is 0 Å². The maximum atomic E-state index is 14.1. The average molecular weight is 397 g/mol. The first-order chi connectivity index (χ1) is 14.3. The van der Waals surface area contributed by atoms with Crippen LogP contribution in [0, 0.1) is 0 Å². The SMILES string of the molecule is CC(C)c1cc2ccccc2c(N)c1C(=O)c1c(C(C)C)cc2ccccc2c1N. The van der Waals surface area contributed by atoms with Crippen LogP contribution in [0.5, 0.6) is 0 Å². The molecule has 0 spiro atoms. The van der Waals surface area contributed by atoms with Gasteiger partial charge in [-0.1, -0.05) is 88.4 Å². The Morgan fingerprint density at radius 3 is 1.40 bits per heavy atom. The molecule has 30 heavy (non-hydrogen) atoms. The summed E-state index contributed by atoms with van der Waals surface area (Å²) in [7, 11) is 0. The molecule has 3 nitrogen and oxygen atoms in total. The predicted octanol–water partition coefficient (Wildman–Crippen LogP) is 6.64. The Labute approximate surface area is 177 Å². The average Bonchev–Trinajstić information content (AvgIpc) is 2.73. The molecule has 4 rings (SSSR count). The smallest absolute Gasteiger partial charge is 0.197 e. The number of carbonyl (C=O) groups excluding carboxylic acids is 1. The second-order valence-corrected chi connectivity index (χ2v) is 8.59. The van der Waals surface area contributed by atoms with E-state index < -0.39 is 0 Å². The van der Waals surface area contributed by atoms with E-state index in [0.717, 1.165) is 32.7 Å². The highest BCUT2D eigenvalue weighted by Crippen LogP contribution is 2.38. The summed E-state index contributed by atoms with van der Waals surface area (Å²) < 4.78 is 0. The molecular weight excluding hydrogens is 368 g/mol. The largest absolute Gasteiger partial charge is 0.398 e. The van der Waals surface area contributed by atoms with Crippen LogP contribution < -0.4 is 11.5 Å². The summed E-state index contributed by atoms with van der Waals surface area (Å²) >= 11 is 0. The number of carbonyl (C=O) groups is 1. The number of hydrogen-bond acceptors (Lipinski definition) is 3. The molecule has 4 aromatic carbocycles. The lowest BCUT2D eigenvalue weighted by Gasteiger charge is -2.21. The Hall–Kier alpha value is -3.33.